The summed E-state index contributed by atoms with van der Waals surface area (Å²) in [5, 5.41) is 19.9. The van der Waals surface area contributed by atoms with Crippen molar-refractivity contribution in [1.82, 2.24) is 14.5 Å². The van der Waals surface area contributed by atoms with E-state index in [0.717, 1.165) is 0 Å². The Morgan fingerprint density at radius 2 is 2.32 bits per heavy atom. The van der Waals surface area contributed by atoms with E-state index in [2.05, 4.69) is 9.97 Å². The van der Waals surface area contributed by atoms with E-state index >= 15 is 0 Å². The topological polar surface area (TPSA) is 106 Å². The summed E-state index contributed by atoms with van der Waals surface area (Å²) >= 11 is 6.17. The molecule has 8 heteroatoms. The predicted molar refractivity (Wildman–Crippen MR) is 68.6 cm³/mol. The summed E-state index contributed by atoms with van der Waals surface area (Å²) in [6.07, 6.45) is -0.148. The number of hydrogen-bond donors (Lipinski definition) is 3. The molecule has 7 nitrogen and oxygen atoms in total. The maximum Gasteiger partial charge on any atom is 0.148 e. The lowest BCUT2D eigenvalue weighted by Gasteiger charge is -2.15. The Morgan fingerprint density at radius 3 is 3.00 bits per heavy atom. The van der Waals surface area contributed by atoms with Gasteiger partial charge in [-0.15, -0.1) is 0 Å². The normalized spacial score (nSPS) is 27.2. The van der Waals surface area contributed by atoms with Crippen LogP contribution in [0.15, 0.2) is 12.4 Å². The van der Waals surface area contributed by atoms with Crippen molar-refractivity contribution in [1.29, 1.82) is 0 Å². The number of hydrogen-bond acceptors (Lipinski definition) is 6. The van der Waals surface area contributed by atoms with Crippen LogP contribution in [-0.2, 0) is 4.74 Å². The van der Waals surface area contributed by atoms with Crippen molar-refractivity contribution in [2.75, 3.05) is 12.3 Å². The summed E-state index contributed by atoms with van der Waals surface area (Å²) in [6, 6.07) is 1.66. The maximum absolute atomic E-state index is 9.78. The third-order valence-electron chi connectivity index (χ3n) is 3.29. The van der Waals surface area contributed by atoms with Crippen LogP contribution < -0.4 is 5.73 Å². The van der Waals surface area contributed by atoms with E-state index in [1.807, 2.05) is 0 Å². The van der Waals surface area contributed by atoms with Crippen LogP contribution in [0.5, 0.6) is 0 Å². The highest BCUT2D eigenvalue weighted by Gasteiger charge is 2.36. The molecule has 0 aromatic carbocycles. The number of nitrogen functional groups attached to an aromatic ring is 1. The number of nitrogens with two attached hydrogens (primary N) is 1. The summed E-state index contributed by atoms with van der Waals surface area (Å²) < 4.78 is 7.22. The zero-order valence-electron chi connectivity index (χ0n) is 9.90. The summed E-state index contributed by atoms with van der Waals surface area (Å²) in [5.41, 5.74) is 6.31. The number of nitrogens with zero attached hydrogens (tertiary/aromatic N) is 3. The first kappa shape index (κ1) is 12.6. The fourth-order valence-corrected chi connectivity index (χ4v) is 2.63. The van der Waals surface area contributed by atoms with Crippen LogP contribution in [0.1, 0.15) is 12.6 Å². The monoisotopic (exact) mass is 284 g/mol. The molecule has 2 aromatic rings. The zero-order valence-corrected chi connectivity index (χ0v) is 10.7. The second-order valence-corrected chi connectivity index (χ2v) is 4.84. The van der Waals surface area contributed by atoms with E-state index in [0.29, 0.717) is 28.4 Å². The summed E-state index contributed by atoms with van der Waals surface area (Å²) in [4.78, 5) is 8.05. The lowest BCUT2D eigenvalue weighted by atomic mass is 10.2. The first-order valence-corrected chi connectivity index (χ1v) is 6.21. The molecule has 0 saturated carbocycles. The van der Waals surface area contributed by atoms with Gasteiger partial charge in [0, 0.05) is 6.42 Å². The minimum Gasteiger partial charge on any atom is -0.394 e. The molecule has 0 bridgehead atoms. The average Bonchev–Trinajstić information content (AvgIpc) is 2.90. The lowest BCUT2D eigenvalue weighted by Crippen LogP contribution is -2.24. The number of halogens is 1. The molecule has 0 spiro atoms. The van der Waals surface area contributed by atoms with Crippen LogP contribution in [0.25, 0.3) is 11.0 Å². The molecule has 19 heavy (non-hydrogen) atoms. The molecule has 3 rings (SSSR count). The Balaban J connectivity index is 2.06. The Morgan fingerprint density at radius 1 is 1.53 bits per heavy atom. The van der Waals surface area contributed by atoms with Crippen molar-refractivity contribution in [2.24, 2.45) is 0 Å². The van der Waals surface area contributed by atoms with E-state index < -0.39 is 18.4 Å². The van der Waals surface area contributed by atoms with Crippen molar-refractivity contribution in [3.05, 3.63) is 17.5 Å². The molecule has 1 aliphatic heterocycles. The molecule has 3 atom stereocenters. The third-order valence-corrected chi connectivity index (χ3v) is 3.58. The fraction of sp³-hybridized carbons (Fsp3) is 0.455. The van der Waals surface area contributed by atoms with Crippen LogP contribution in [-0.4, -0.2) is 43.6 Å². The van der Waals surface area contributed by atoms with Crippen LogP contribution in [0.2, 0.25) is 5.15 Å². The summed E-state index contributed by atoms with van der Waals surface area (Å²) in [7, 11) is 0. The van der Waals surface area contributed by atoms with Gasteiger partial charge in [-0.2, -0.15) is 0 Å². The van der Waals surface area contributed by atoms with Crippen LogP contribution in [0.3, 0.4) is 0 Å². The Kier molecular flexibility index (Phi) is 3.06. The van der Waals surface area contributed by atoms with E-state index in [9.17, 15) is 5.11 Å². The first-order chi connectivity index (χ1) is 9.11. The number of rotatable bonds is 2. The number of aromatic nitrogens is 3. The number of fused-ring (bicyclic) bond motifs is 1. The van der Waals surface area contributed by atoms with Crippen molar-refractivity contribution < 1.29 is 14.9 Å². The molecule has 0 radical (unpaired) electrons. The van der Waals surface area contributed by atoms with Crippen LogP contribution >= 0.6 is 11.6 Å². The third kappa shape index (κ3) is 1.95. The molecule has 0 unspecified atom stereocenters. The number of ether oxygens (including phenoxy) is 1. The molecule has 0 amide bonds. The number of aliphatic hydroxyl groups excluding tert-OH is 2. The molecular formula is C11H13ClN4O3. The fourth-order valence-electron chi connectivity index (χ4n) is 2.33. The minimum atomic E-state index is -0.734. The van der Waals surface area contributed by atoms with Gasteiger partial charge in [-0.3, -0.25) is 4.57 Å². The van der Waals surface area contributed by atoms with Gasteiger partial charge in [-0.05, 0) is 6.07 Å². The van der Waals surface area contributed by atoms with Gasteiger partial charge in [0.2, 0.25) is 0 Å². The molecule has 1 saturated heterocycles. The maximum atomic E-state index is 9.78. The highest BCUT2D eigenvalue weighted by atomic mass is 35.5. The Bertz CT molecular complexity index is 617. The smallest absolute Gasteiger partial charge is 0.148 e. The zero-order chi connectivity index (χ0) is 13.6. The minimum absolute atomic E-state index is 0.244. The van der Waals surface area contributed by atoms with Gasteiger partial charge in [0.15, 0.2) is 0 Å². The van der Waals surface area contributed by atoms with Gasteiger partial charge >= 0.3 is 0 Å². The van der Waals surface area contributed by atoms with Crippen molar-refractivity contribution in [2.45, 2.75) is 24.9 Å². The summed E-state index contributed by atoms with van der Waals surface area (Å²) in [5.74, 6) is 0.336. The SMILES string of the molecule is Nc1ncnc2c1cc(Cl)n2[C@H]1C[C@H](O)[C@@H](CO)O1. The van der Waals surface area contributed by atoms with E-state index in [1.54, 1.807) is 10.6 Å². The molecular weight excluding hydrogens is 272 g/mol. The van der Waals surface area contributed by atoms with Gasteiger partial charge in [-0.1, -0.05) is 11.6 Å². The van der Waals surface area contributed by atoms with Gasteiger partial charge in [0.05, 0.1) is 18.1 Å². The highest BCUT2D eigenvalue weighted by molar-refractivity contribution is 6.31. The lowest BCUT2D eigenvalue weighted by molar-refractivity contribution is -0.0429. The largest absolute Gasteiger partial charge is 0.394 e. The van der Waals surface area contributed by atoms with Gasteiger partial charge in [0.25, 0.3) is 0 Å². The summed E-state index contributed by atoms with van der Waals surface area (Å²) in [6.45, 7) is -0.244. The quantitative estimate of drug-likeness (QED) is 0.733. The Labute approximate surface area is 113 Å². The molecule has 4 N–H and O–H groups in total. The number of aliphatic hydroxyl groups is 2. The molecule has 0 aliphatic carbocycles. The van der Waals surface area contributed by atoms with E-state index in [-0.39, 0.29) is 6.61 Å². The van der Waals surface area contributed by atoms with Crippen molar-refractivity contribution >= 4 is 28.5 Å². The predicted octanol–water partition coefficient (Wildman–Crippen LogP) is 0.308. The van der Waals surface area contributed by atoms with Crippen molar-refractivity contribution in [3.8, 4) is 0 Å². The van der Waals surface area contributed by atoms with E-state index in [4.69, 9.17) is 27.2 Å². The standard InChI is InChI=1S/C11H13ClN4O3/c12-8-1-5-10(13)14-4-15-11(5)16(8)9-2-6(18)7(3-17)19-9/h1,4,6-7,9,17-18H,2-3H2,(H2,13,14,15)/t6-,7+,9+/m0/s1. The van der Waals surface area contributed by atoms with Crippen LogP contribution in [0, 0.1) is 0 Å². The second kappa shape index (κ2) is 4.61. The molecule has 1 fully saturated rings. The van der Waals surface area contributed by atoms with Gasteiger partial charge < -0.3 is 20.7 Å². The van der Waals surface area contributed by atoms with Gasteiger partial charge in [0.1, 0.15) is 35.3 Å². The highest BCUT2D eigenvalue weighted by Crippen LogP contribution is 2.35. The average molecular weight is 285 g/mol. The van der Waals surface area contributed by atoms with Gasteiger partial charge in [-0.25, -0.2) is 9.97 Å². The molecule has 3 heterocycles. The molecule has 102 valence electrons. The van der Waals surface area contributed by atoms with Crippen molar-refractivity contribution in [3.63, 3.8) is 0 Å². The Hall–Kier alpha value is -1.41. The second-order valence-electron chi connectivity index (χ2n) is 4.45. The van der Waals surface area contributed by atoms with Crippen LogP contribution in [0.4, 0.5) is 5.82 Å². The number of anilines is 1. The molecule has 1 aliphatic rings. The first-order valence-electron chi connectivity index (χ1n) is 5.83. The van der Waals surface area contributed by atoms with E-state index in [1.165, 1.54) is 6.33 Å². The molecule has 2 aromatic heterocycles.